The van der Waals surface area contributed by atoms with Crippen LogP contribution in [0.2, 0.25) is 0 Å². The molecule has 1 amide bonds. The molecule has 0 atom stereocenters. The van der Waals surface area contributed by atoms with Crippen LogP contribution in [0.3, 0.4) is 0 Å². The summed E-state index contributed by atoms with van der Waals surface area (Å²) in [4.78, 5) is 10.9. The summed E-state index contributed by atoms with van der Waals surface area (Å²) in [6.07, 6.45) is 1.92. The van der Waals surface area contributed by atoms with E-state index in [0.717, 1.165) is 0 Å². The van der Waals surface area contributed by atoms with Crippen molar-refractivity contribution in [3.8, 4) is 0 Å². The van der Waals surface area contributed by atoms with Crippen LogP contribution >= 0.6 is 11.8 Å². The molecule has 0 heterocycles. The summed E-state index contributed by atoms with van der Waals surface area (Å²) in [5.74, 6) is 0.664. The molecule has 0 aromatic heterocycles. The number of amides is 1. The molecule has 0 aliphatic carbocycles. The third-order valence-corrected chi connectivity index (χ3v) is 1.34. The highest BCUT2D eigenvalue weighted by Gasteiger charge is 2.12. The molecule has 10 heavy (non-hydrogen) atoms. The predicted molar refractivity (Wildman–Crippen MR) is 46.3 cm³/mol. The summed E-state index contributed by atoms with van der Waals surface area (Å²) in [6, 6.07) is 0. The fraction of sp³-hybridized carbons (Fsp3) is 0.857. The second-order valence-electron chi connectivity index (χ2n) is 3.23. The molecular weight excluding hydrogens is 146 g/mol. The molecule has 0 saturated heterocycles. The summed E-state index contributed by atoms with van der Waals surface area (Å²) in [6.45, 7) is 5.93. The van der Waals surface area contributed by atoms with Gasteiger partial charge in [0.2, 0.25) is 5.91 Å². The topological polar surface area (TPSA) is 29.1 Å². The van der Waals surface area contributed by atoms with Gasteiger partial charge >= 0.3 is 0 Å². The third kappa shape index (κ3) is 5.95. The number of carbonyl (C=O) groups is 1. The van der Waals surface area contributed by atoms with E-state index in [9.17, 15) is 4.79 Å². The van der Waals surface area contributed by atoms with Crippen molar-refractivity contribution in [2.24, 2.45) is 0 Å². The molecule has 0 aromatic carbocycles. The molecule has 0 spiro atoms. The zero-order valence-electron chi connectivity index (χ0n) is 7.02. The lowest BCUT2D eigenvalue weighted by Gasteiger charge is -2.19. The Morgan fingerprint density at radius 3 is 2.30 bits per heavy atom. The Morgan fingerprint density at radius 1 is 1.50 bits per heavy atom. The Bertz CT molecular complexity index is 117. The van der Waals surface area contributed by atoms with E-state index in [4.69, 9.17) is 0 Å². The monoisotopic (exact) mass is 161 g/mol. The fourth-order valence-corrected chi connectivity index (χ4v) is 0.920. The second-order valence-corrected chi connectivity index (χ2v) is 4.10. The van der Waals surface area contributed by atoms with Crippen LogP contribution in [0.15, 0.2) is 0 Å². The SMILES string of the molecule is CSCC(=O)NC(C)(C)C. The Labute approximate surface area is 66.8 Å². The van der Waals surface area contributed by atoms with Gasteiger partial charge in [0.05, 0.1) is 5.75 Å². The van der Waals surface area contributed by atoms with Crippen molar-refractivity contribution in [3.05, 3.63) is 0 Å². The van der Waals surface area contributed by atoms with E-state index in [-0.39, 0.29) is 11.4 Å². The fourth-order valence-electron chi connectivity index (χ4n) is 0.585. The van der Waals surface area contributed by atoms with Crippen LogP contribution in [0.5, 0.6) is 0 Å². The molecule has 0 unspecified atom stereocenters. The van der Waals surface area contributed by atoms with Gasteiger partial charge in [0.25, 0.3) is 0 Å². The normalized spacial score (nSPS) is 11.2. The van der Waals surface area contributed by atoms with Gasteiger partial charge in [-0.2, -0.15) is 11.8 Å². The highest BCUT2D eigenvalue weighted by molar-refractivity contribution is 7.99. The molecule has 0 aromatic rings. The van der Waals surface area contributed by atoms with Gasteiger partial charge in [-0.15, -0.1) is 0 Å². The first-order valence-electron chi connectivity index (χ1n) is 3.25. The van der Waals surface area contributed by atoms with Crippen LogP contribution in [-0.2, 0) is 4.79 Å². The van der Waals surface area contributed by atoms with Crippen LogP contribution in [0.25, 0.3) is 0 Å². The summed E-state index contributed by atoms with van der Waals surface area (Å²) >= 11 is 1.54. The van der Waals surface area contributed by atoms with Gasteiger partial charge in [0.1, 0.15) is 0 Å². The standard InChI is InChI=1S/C7H15NOS/c1-7(2,3)8-6(9)5-10-4/h5H2,1-4H3,(H,8,9). The maximum Gasteiger partial charge on any atom is 0.230 e. The number of nitrogens with one attached hydrogen (secondary N) is 1. The number of hydrogen-bond donors (Lipinski definition) is 1. The number of hydrogen-bond acceptors (Lipinski definition) is 2. The van der Waals surface area contributed by atoms with Crippen molar-refractivity contribution in [2.45, 2.75) is 26.3 Å². The first-order chi connectivity index (χ1) is 4.45. The zero-order valence-corrected chi connectivity index (χ0v) is 7.84. The van der Waals surface area contributed by atoms with Crippen molar-refractivity contribution in [3.63, 3.8) is 0 Å². The largest absolute Gasteiger partial charge is 0.351 e. The van der Waals surface area contributed by atoms with E-state index in [1.807, 2.05) is 27.0 Å². The first kappa shape index (κ1) is 9.82. The minimum absolute atomic E-state index is 0.0905. The van der Waals surface area contributed by atoms with Gasteiger partial charge in [0.15, 0.2) is 0 Å². The average molecular weight is 161 g/mol. The number of rotatable bonds is 2. The van der Waals surface area contributed by atoms with Crippen molar-refractivity contribution < 1.29 is 4.79 Å². The Morgan fingerprint density at radius 2 is 2.00 bits per heavy atom. The summed E-state index contributed by atoms with van der Waals surface area (Å²) in [7, 11) is 0. The molecule has 3 heteroatoms. The van der Waals surface area contributed by atoms with Gasteiger partial charge < -0.3 is 5.32 Å². The molecule has 60 valence electrons. The molecule has 1 N–H and O–H groups in total. The minimum atomic E-state index is -0.0905. The second kappa shape index (κ2) is 3.86. The third-order valence-electron chi connectivity index (χ3n) is 0.790. The maximum absolute atomic E-state index is 10.9. The molecule has 2 nitrogen and oxygen atoms in total. The van der Waals surface area contributed by atoms with Crippen molar-refractivity contribution in [1.29, 1.82) is 0 Å². The lowest BCUT2D eigenvalue weighted by Crippen LogP contribution is -2.41. The quantitative estimate of drug-likeness (QED) is 0.660. The lowest BCUT2D eigenvalue weighted by molar-refractivity contribution is -0.119. The Kier molecular flexibility index (Phi) is 3.79. The Balaban J connectivity index is 3.58. The number of carbonyl (C=O) groups excluding carboxylic acids is 1. The van der Waals surface area contributed by atoms with E-state index >= 15 is 0 Å². The molecular formula is C7H15NOS. The summed E-state index contributed by atoms with van der Waals surface area (Å²) < 4.78 is 0. The van der Waals surface area contributed by atoms with Crippen LogP contribution in [0, 0.1) is 0 Å². The first-order valence-corrected chi connectivity index (χ1v) is 4.65. The molecule has 0 aliphatic heterocycles. The van der Waals surface area contributed by atoms with E-state index in [0.29, 0.717) is 5.75 Å². The van der Waals surface area contributed by atoms with E-state index in [1.54, 1.807) is 0 Å². The highest BCUT2D eigenvalue weighted by Crippen LogP contribution is 1.99. The molecule has 0 aliphatic rings. The molecule has 0 saturated carbocycles. The van der Waals surface area contributed by atoms with Crippen LogP contribution < -0.4 is 5.32 Å². The summed E-state index contributed by atoms with van der Waals surface area (Å²) in [5, 5.41) is 2.86. The zero-order chi connectivity index (χ0) is 8.20. The number of thioether (sulfide) groups is 1. The van der Waals surface area contributed by atoms with Crippen molar-refractivity contribution in [2.75, 3.05) is 12.0 Å². The maximum atomic E-state index is 10.9. The van der Waals surface area contributed by atoms with Crippen molar-refractivity contribution >= 4 is 17.7 Å². The lowest BCUT2D eigenvalue weighted by atomic mass is 10.1. The smallest absolute Gasteiger partial charge is 0.230 e. The van der Waals surface area contributed by atoms with E-state index in [2.05, 4.69) is 5.32 Å². The molecule has 0 fully saturated rings. The average Bonchev–Trinajstić information content (AvgIpc) is 1.59. The molecule has 0 radical (unpaired) electrons. The molecule has 0 rings (SSSR count). The van der Waals surface area contributed by atoms with E-state index in [1.165, 1.54) is 11.8 Å². The van der Waals surface area contributed by atoms with Crippen LogP contribution in [-0.4, -0.2) is 23.5 Å². The highest BCUT2D eigenvalue weighted by atomic mass is 32.2. The van der Waals surface area contributed by atoms with Gasteiger partial charge in [-0.25, -0.2) is 0 Å². The summed E-state index contributed by atoms with van der Waals surface area (Å²) in [5.41, 5.74) is -0.0905. The van der Waals surface area contributed by atoms with Crippen molar-refractivity contribution in [1.82, 2.24) is 5.32 Å². The predicted octanol–water partition coefficient (Wildman–Crippen LogP) is 1.26. The van der Waals surface area contributed by atoms with Crippen LogP contribution in [0.4, 0.5) is 0 Å². The minimum Gasteiger partial charge on any atom is -0.351 e. The van der Waals surface area contributed by atoms with Gasteiger partial charge in [0, 0.05) is 5.54 Å². The van der Waals surface area contributed by atoms with Crippen LogP contribution in [0.1, 0.15) is 20.8 Å². The van der Waals surface area contributed by atoms with Gasteiger partial charge in [-0.05, 0) is 27.0 Å². The molecule has 0 bridgehead atoms. The Hall–Kier alpha value is -0.180. The van der Waals surface area contributed by atoms with E-state index < -0.39 is 0 Å². The van der Waals surface area contributed by atoms with Gasteiger partial charge in [-0.3, -0.25) is 4.79 Å². The van der Waals surface area contributed by atoms with Gasteiger partial charge in [-0.1, -0.05) is 0 Å².